The van der Waals surface area contributed by atoms with Gasteiger partial charge < -0.3 is 20.5 Å². The SMILES string of the molecule is Cc1cc(C#N)cnc1C(=O)Nc1ccc(F)c(C23COCC2(F)COC(N)=N3)c1. The number of fused-ring (bicyclic) bond motifs is 1. The molecule has 2 aromatic rings. The third-order valence-electron chi connectivity index (χ3n) is 5.23. The molecule has 2 aliphatic heterocycles. The number of amides is 1. The van der Waals surface area contributed by atoms with Crippen molar-refractivity contribution in [2.45, 2.75) is 18.1 Å². The molecule has 30 heavy (non-hydrogen) atoms. The van der Waals surface area contributed by atoms with Gasteiger partial charge in [0, 0.05) is 17.4 Å². The molecule has 1 aromatic heterocycles. The Bertz CT molecular complexity index is 1120. The molecule has 1 fully saturated rings. The fourth-order valence-corrected chi connectivity index (χ4v) is 3.67. The summed E-state index contributed by atoms with van der Waals surface area (Å²) in [5, 5.41) is 11.5. The molecule has 8 nitrogen and oxygen atoms in total. The van der Waals surface area contributed by atoms with Gasteiger partial charge in [-0.05, 0) is 36.8 Å². The molecular formula is C20H17F2N5O3. The largest absolute Gasteiger partial charge is 0.462 e. The molecule has 0 saturated carbocycles. The minimum atomic E-state index is -2.11. The molecule has 1 saturated heterocycles. The lowest BCUT2D eigenvalue weighted by Crippen LogP contribution is -2.55. The highest BCUT2D eigenvalue weighted by molar-refractivity contribution is 6.03. The molecule has 4 rings (SSSR count). The number of hydrogen-bond donors (Lipinski definition) is 2. The Balaban J connectivity index is 1.70. The number of nitrogens with zero attached hydrogens (tertiary/aromatic N) is 3. The zero-order valence-corrected chi connectivity index (χ0v) is 15.9. The van der Waals surface area contributed by atoms with Crippen LogP contribution < -0.4 is 11.1 Å². The third-order valence-corrected chi connectivity index (χ3v) is 5.23. The number of rotatable bonds is 3. The van der Waals surface area contributed by atoms with Crippen molar-refractivity contribution in [1.82, 2.24) is 4.98 Å². The number of anilines is 1. The summed E-state index contributed by atoms with van der Waals surface area (Å²) in [5.74, 6) is -1.28. The first kappa shape index (κ1) is 19.7. The van der Waals surface area contributed by atoms with E-state index in [4.69, 9.17) is 20.5 Å². The van der Waals surface area contributed by atoms with Gasteiger partial charge in [-0.25, -0.2) is 18.8 Å². The van der Waals surface area contributed by atoms with Crippen molar-refractivity contribution in [1.29, 1.82) is 5.26 Å². The Kier molecular flexibility index (Phi) is 4.63. The molecule has 10 heteroatoms. The van der Waals surface area contributed by atoms with Gasteiger partial charge in [-0.2, -0.15) is 5.26 Å². The van der Waals surface area contributed by atoms with Gasteiger partial charge in [0.05, 0.1) is 18.8 Å². The highest BCUT2D eigenvalue weighted by atomic mass is 19.1. The Morgan fingerprint density at radius 2 is 2.13 bits per heavy atom. The van der Waals surface area contributed by atoms with Gasteiger partial charge in [0.15, 0.2) is 11.2 Å². The molecule has 0 aliphatic carbocycles. The Labute approximate surface area is 170 Å². The molecule has 0 spiro atoms. The second kappa shape index (κ2) is 7.03. The van der Waals surface area contributed by atoms with Gasteiger partial charge in [-0.15, -0.1) is 0 Å². The van der Waals surface area contributed by atoms with Crippen LogP contribution in [0, 0.1) is 24.1 Å². The minimum absolute atomic E-state index is 0.101. The summed E-state index contributed by atoms with van der Waals surface area (Å²) in [6, 6.07) is 6.97. The normalized spacial score (nSPS) is 24.9. The van der Waals surface area contributed by atoms with E-state index in [9.17, 15) is 9.18 Å². The Morgan fingerprint density at radius 1 is 1.33 bits per heavy atom. The maximum absolute atomic E-state index is 15.5. The maximum Gasteiger partial charge on any atom is 0.283 e. The standard InChI is InChI=1S/C20H17F2N5O3/c1-11-4-12(6-23)7-25-16(11)17(28)26-13-2-3-15(21)14(5-13)20-10-29-8-19(20,22)9-30-18(24)27-20/h2-5,7H,8-10H2,1H3,(H2,24,27)(H,26,28). The number of nitrogens with one attached hydrogen (secondary N) is 1. The number of hydrogen-bond acceptors (Lipinski definition) is 7. The molecule has 3 heterocycles. The topological polar surface area (TPSA) is 123 Å². The molecule has 2 atom stereocenters. The van der Waals surface area contributed by atoms with Gasteiger partial charge >= 0.3 is 0 Å². The average Bonchev–Trinajstić information content (AvgIpc) is 3.06. The monoisotopic (exact) mass is 413 g/mol. The second-order valence-electron chi connectivity index (χ2n) is 7.21. The van der Waals surface area contributed by atoms with Crippen molar-refractivity contribution in [2.24, 2.45) is 10.7 Å². The summed E-state index contributed by atoms with van der Waals surface area (Å²) in [5.41, 5.74) is 2.86. The second-order valence-corrected chi connectivity index (χ2v) is 7.21. The smallest absolute Gasteiger partial charge is 0.283 e. The summed E-state index contributed by atoms with van der Waals surface area (Å²) in [4.78, 5) is 20.7. The lowest BCUT2D eigenvalue weighted by atomic mass is 9.78. The van der Waals surface area contributed by atoms with Crippen molar-refractivity contribution in [2.75, 3.05) is 25.1 Å². The van der Waals surface area contributed by atoms with Gasteiger partial charge in [-0.1, -0.05) is 0 Å². The van der Waals surface area contributed by atoms with Crippen LogP contribution in [0.15, 0.2) is 35.5 Å². The number of halogens is 2. The van der Waals surface area contributed by atoms with Crippen LogP contribution in [0.1, 0.15) is 27.2 Å². The van der Waals surface area contributed by atoms with Crippen LogP contribution >= 0.6 is 0 Å². The molecule has 2 aliphatic rings. The highest BCUT2D eigenvalue weighted by Crippen LogP contribution is 2.48. The lowest BCUT2D eigenvalue weighted by molar-refractivity contribution is 0.00905. The fraction of sp³-hybridized carbons (Fsp3) is 0.300. The number of carbonyl (C=O) groups is 1. The van der Waals surface area contributed by atoms with Crippen molar-refractivity contribution >= 4 is 17.6 Å². The number of alkyl halides is 1. The van der Waals surface area contributed by atoms with E-state index in [1.165, 1.54) is 24.4 Å². The molecule has 0 bridgehead atoms. The van der Waals surface area contributed by atoms with E-state index in [-0.39, 0.29) is 36.2 Å². The molecule has 1 amide bonds. The average molecular weight is 413 g/mol. The van der Waals surface area contributed by atoms with Crippen LogP contribution in [0.5, 0.6) is 0 Å². The van der Waals surface area contributed by atoms with Crippen LogP contribution in [0.3, 0.4) is 0 Å². The van der Waals surface area contributed by atoms with Crippen LogP contribution in [0.2, 0.25) is 0 Å². The van der Waals surface area contributed by atoms with E-state index in [2.05, 4.69) is 15.3 Å². The van der Waals surface area contributed by atoms with Crippen LogP contribution in [-0.4, -0.2) is 42.4 Å². The highest BCUT2D eigenvalue weighted by Gasteiger charge is 2.62. The number of carbonyl (C=O) groups excluding carboxylic acids is 1. The number of pyridine rings is 1. The van der Waals surface area contributed by atoms with E-state index in [1.54, 1.807) is 6.92 Å². The maximum atomic E-state index is 15.5. The van der Waals surface area contributed by atoms with Crippen molar-refractivity contribution < 1.29 is 23.0 Å². The number of nitrogens with two attached hydrogens (primary N) is 1. The number of aryl methyl sites for hydroxylation is 1. The number of amidine groups is 1. The van der Waals surface area contributed by atoms with Crippen LogP contribution in [0.4, 0.5) is 14.5 Å². The summed E-state index contributed by atoms with van der Waals surface area (Å²) in [7, 11) is 0. The quantitative estimate of drug-likeness (QED) is 0.793. The van der Waals surface area contributed by atoms with E-state index in [1.807, 2.05) is 6.07 Å². The zero-order valence-electron chi connectivity index (χ0n) is 15.9. The summed E-state index contributed by atoms with van der Waals surface area (Å²) < 4.78 is 40.6. The lowest BCUT2D eigenvalue weighted by Gasteiger charge is -2.38. The molecular weight excluding hydrogens is 396 g/mol. The molecule has 2 unspecified atom stereocenters. The van der Waals surface area contributed by atoms with E-state index >= 15 is 4.39 Å². The molecule has 1 aromatic carbocycles. The first-order chi connectivity index (χ1) is 14.3. The van der Waals surface area contributed by atoms with Crippen LogP contribution in [0.25, 0.3) is 0 Å². The van der Waals surface area contributed by atoms with E-state index in [0.717, 1.165) is 6.07 Å². The van der Waals surface area contributed by atoms with Crippen LogP contribution in [-0.2, 0) is 15.0 Å². The predicted octanol–water partition coefficient (Wildman–Crippen LogP) is 1.93. The summed E-state index contributed by atoms with van der Waals surface area (Å²) in [6.45, 7) is 0.670. The van der Waals surface area contributed by atoms with Gasteiger partial charge in [0.2, 0.25) is 0 Å². The predicted molar refractivity (Wildman–Crippen MR) is 102 cm³/mol. The Hall–Kier alpha value is -3.58. The number of aliphatic imine (C=N–C) groups is 1. The van der Waals surface area contributed by atoms with Crippen molar-refractivity contribution in [3.05, 3.63) is 58.7 Å². The number of nitriles is 1. The van der Waals surface area contributed by atoms with Gasteiger partial charge in [0.1, 0.15) is 24.2 Å². The summed E-state index contributed by atoms with van der Waals surface area (Å²) in [6.07, 6.45) is 1.28. The first-order valence-electron chi connectivity index (χ1n) is 9.01. The van der Waals surface area contributed by atoms with Gasteiger partial charge in [0.25, 0.3) is 11.9 Å². The first-order valence-corrected chi connectivity index (χ1v) is 9.01. The number of benzene rings is 1. The van der Waals surface area contributed by atoms with Gasteiger partial charge in [-0.3, -0.25) is 4.79 Å². The van der Waals surface area contributed by atoms with E-state index in [0.29, 0.717) is 11.1 Å². The number of aromatic nitrogens is 1. The fourth-order valence-electron chi connectivity index (χ4n) is 3.67. The Morgan fingerprint density at radius 3 is 2.87 bits per heavy atom. The molecule has 154 valence electrons. The summed E-state index contributed by atoms with van der Waals surface area (Å²) >= 11 is 0. The van der Waals surface area contributed by atoms with Crippen molar-refractivity contribution in [3.63, 3.8) is 0 Å². The minimum Gasteiger partial charge on any atom is -0.462 e. The molecule has 0 radical (unpaired) electrons. The van der Waals surface area contributed by atoms with Crippen molar-refractivity contribution in [3.8, 4) is 6.07 Å². The third kappa shape index (κ3) is 3.04. The zero-order chi connectivity index (χ0) is 21.5. The number of ether oxygens (including phenoxy) is 2. The molecule has 3 N–H and O–H groups in total. The van der Waals surface area contributed by atoms with E-state index < -0.39 is 29.5 Å².